The van der Waals surface area contributed by atoms with E-state index in [0.29, 0.717) is 6.61 Å². The average molecular weight is 202 g/mol. The van der Waals surface area contributed by atoms with E-state index in [1.165, 1.54) is 0 Å². The van der Waals surface area contributed by atoms with E-state index < -0.39 is 10.8 Å². The summed E-state index contributed by atoms with van der Waals surface area (Å²) in [5, 5.41) is 0. The van der Waals surface area contributed by atoms with Crippen LogP contribution in [0.4, 0.5) is 0 Å². The molecule has 0 aromatic heterocycles. The Balaban J connectivity index is 2.39. The zero-order valence-electron chi connectivity index (χ0n) is 8.41. The summed E-state index contributed by atoms with van der Waals surface area (Å²) in [7, 11) is -0.619. The van der Waals surface area contributed by atoms with Gasteiger partial charge in [-0.05, 0) is 19.8 Å². The molecule has 0 spiro atoms. The smallest absolute Gasteiger partial charge is 0.0935 e. The maximum Gasteiger partial charge on any atom is 0.0935 e. The standard InChI is InChI=1S/C10H18O2S/c1-3-6-12-8-10(2)5-4-7-13(11)9-10/h3,6H,4-5,7-9H2,1-2H3/b6-3+. The van der Waals surface area contributed by atoms with Crippen molar-refractivity contribution in [3.8, 4) is 0 Å². The molecular weight excluding hydrogens is 184 g/mol. The van der Waals surface area contributed by atoms with E-state index >= 15 is 0 Å². The first-order chi connectivity index (χ1) is 6.16. The first-order valence-electron chi connectivity index (χ1n) is 4.74. The van der Waals surface area contributed by atoms with Crippen LogP contribution in [-0.2, 0) is 15.5 Å². The minimum Gasteiger partial charge on any atom is -0.501 e. The molecule has 76 valence electrons. The fraction of sp³-hybridized carbons (Fsp3) is 0.800. The Morgan fingerprint density at radius 1 is 1.62 bits per heavy atom. The van der Waals surface area contributed by atoms with E-state index in [9.17, 15) is 4.21 Å². The highest BCUT2D eigenvalue weighted by atomic mass is 32.2. The van der Waals surface area contributed by atoms with Crippen molar-refractivity contribution in [2.45, 2.75) is 26.7 Å². The lowest BCUT2D eigenvalue weighted by Gasteiger charge is -2.31. The van der Waals surface area contributed by atoms with Gasteiger partial charge in [0, 0.05) is 27.7 Å². The molecule has 0 radical (unpaired) electrons. The molecule has 3 heteroatoms. The molecule has 1 saturated heterocycles. The maximum atomic E-state index is 11.3. The monoisotopic (exact) mass is 202 g/mol. The molecule has 0 aromatic rings. The summed E-state index contributed by atoms with van der Waals surface area (Å²) >= 11 is 0. The number of hydrogen-bond acceptors (Lipinski definition) is 2. The predicted molar refractivity (Wildman–Crippen MR) is 56.0 cm³/mol. The molecule has 1 fully saturated rings. The van der Waals surface area contributed by atoms with E-state index in [2.05, 4.69) is 6.92 Å². The Morgan fingerprint density at radius 3 is 3.00 bits per heavy atom. The third-order valence-corrected chi connectivity index (χ3v) is 4.09. The van der Waals surface area contributed by atoms with Gasteiger partial charge in [-0.15, -0.1) is 0 Å². The van der Waals surface area contributed by atoms with Gasteiger partial charge in [0.05, 0.1) is 12.9 Å². The Morgan fingerprint density at radius 2 is 2.38 bits per heavy atom. The van der Waals surface area contributed by atoms with Crippen molar-refractivity contribution in [3.05, 3.63) is 12.3 Å². The van der Waals surface area contributed by atoms with Crippen LogP contribution in [0.5, 0.6) is 0 Å². The van der Waals surface area contributed by atoms with Crippen LogP contribution in [0, 0.1) is 5.41 Å². The lowest BCUT2D eigenvalue weighted by Crippen LogP contribution is -2.34. The van der Waals surface area contributed by atoms with E-state index in [1.807, 2.05) is 13.0 Å². The third-order valence-electron chi connectivity index (χ3n) is 2.33. The zero-order valence-corrected chi connectivity index (χ0v) is 9.23. The SMILES string of the molecule is C/C=C/OCC1(C)CCCS(=O)C1. The second-order valence-corrected chi connectivity index (χ2v) is 5.56. The third kappa shape index (κ3) is 3.51. The second-order valence-electron chi connectivity index (χ2n) is 3.98. The summed E-state index contributed by atoms with van der Waals surface area (Å²) < 4.78 is 16.7. The highest BCUT2D eigenvalue weighted by molar-refractivity contribution is 7.85. The van der Waals surface area contributed by atoms with Crippen LogP contribution < -0.4 is 0 Å². The Bertz CT molecular complexity index is 213. The van der Waals surface area contributed by atoms with Crippen molar-refractivity contribution in [1.82, 2.24) is 0 Å². The summed E-state index contributed by atoms with van der Waals surface area (Å²) in [6.45, 7) is 4.79. The molecule has 0 aliphatic carbocycles. The molecule has 2 atom stereocenters. The topological polar surface area (TPSA) is 26.3 Å². The van der Waals surface area contributed by atoms with Gasteiger partial charge in [0.15, 0.2) is 0 Å². The largest absolute Gasteiger partial charge is 0.501 e. The normalized spacial score (nSPS) is 35.1. The van der Waals surface area contributed by atoms with Crippen LogP contribution in [0.2, 0.25) is 0 Å². The fourth-order valence-electron chi connectivity index (χ4n) is 1.65. The van der Waals surface area contributed by atoms with Crippen molar-refractivity contribution in [1.29, 1.82) is 0 Å². The highest BCUT2D eigenvalue weighted by Crippen LogP contribution is 2.29. The summed E-state index contributed by atoms with van der Waals surface area (Å²) in [5.41, 5.74) is 0.128. The molecule has 0 amide bonds. The minimum absolute atomic E-state index is 0.128. The van der Waals surface area contributed by atoms with Gasteiger partial charge in [-0.25, -0.2) is 0 Å². The van der Waals surface area contributed by atoms with Crippen molar-refractivity contribution < 1.29 is 8.95 Å². The molecule has 2 nitrogen and oxygen atoms in total. The van der Waals surface area contributed by atoms with Crippen LogP contribution in [0.15, 0.2) is 12.3 Å². The fourth-order valence-corrected chi connectivity index (χ4v) is 3.27. The quantitative estimate of drug-likeness (QED) is 0.655. The minimum atomic E-state index is -0.619. The lowest BCUT2D eigenvalue weighted by atomic mass is 9.88. The van der Waals surface area contributed by atoms with Crippen LogP contribution >= 0.6 is 0 Å². The van der Waals surface area contributed by atoms with Gasteiger partial charge < -0.3 is 4.74 Å². The van der Waals surface area contributed by atoms with Crippen LogP contribution in [0.1, 0.15) is 26.7 Å². The van der Waals surface area contributed by atoms with E-state index in [0.717, 1.165) is 24.3 Å². The van der Waals surface area contributed by atoms with Crippen LogP contribution in [0.25, 0.3) is 0 Å². The zero-order chi connectivity index (χ0) is 9.73. The summed E-state index contributed by atoms with van der Waals surface area (Å²) in [6, 6.07) is 0. The molecule has 2 unspecified atom stereocenters. The molecule has 0 saturated carbocycles. The van der Waals surface area contributed by atoms with Crippen LogP contribution in [0.3, 0.4) is 0 Å². The number of rotatable bonds is 3. The Kier molecular flexibility index (Phi) is 3.97. The van der Waals surface area contributed by atoms with Gasteiger partial charge in [0.25, 0.3) is 0 Å². The van der Waals surface area contributed by atoms with Gasteiger partial charge in [0.1, 0.15) is 0 Å². The number of hydrogen-bond donors (Lipinski definition) is 0. The molecule has 0 aromatic carbocycles. The van der Waals surface area contributed by atoms with Crippen molar-refractivity contribution >= 4 is 10.8 Å². The van der Waals surface area contributed by atoms with E-state index in [-0.39, 0.29) is 5.41 Å². The van der Waals surface area contributed by atoms with Gasteiger partial charge in [-0.3, -0.25) is 4.21 Å². The van der Waals surface area contributed by atoms with Crippen molar-refractivity contribution in [2.75, 3.05) is 18.1 Å². The summed E-state index contributed by atoms with van der Waals surface area (Å²) in [6.07, 6.45) is 5.80. The predicted octanol–water partition coefficient (Wildman–Crippen LogP) is 2.09. The molecule has 0 N–H and O–H groups in total. The van der Waals surface area contributed by atoms with Crippen LogP contribution in [-0.4, -0.2) is 22.3 Å². The van der Waals surface area contributed by atoms with Gasteiger partial charge in [-0.1, -0.05) is 13.0 Å². The molecule has 13 heavy (non-hydrogen) atoms. The van der Waals surface area contributed by atoms with Crippen molar-refractivity contribution in [3.63, 3.8) is 0 Å². The molecular formula is C10H18O2S. The maximum absolute atomic E-state index is 11.3. The summed E-state index contributed by atoms with van der Waals surface area (Å²) in [5.74, 6) is 1.67. The Labute approximate surface area is 82.8 Å². The Hall–Kier alpha value is -0.310. The average Bonchev–Trinajstić information content (AvgIpc) is 2.04. The van der Waals surface area contributed by atoms with E-state index in [4.69, 9.17) is 4.74 Å². The molecule has 1 aliphatic rings. The number of ether oxygens (including phenoxy) is 1. The first kappa shape index (κ1) is 10.8. The lowest BCUT2D eigenvalue weighted by molar-refractivity contribution is 0.129. The van der Waals surface area contributed by atoms with Gasteiger partial charge in [0.2, 0.25) is 0 Å². The second kappa shape index (κ2) is 4.80. The molecule has 1 rings (SSSR count). The molecule has 1 heterocycles. The molecule has 0 bridgehead atoms. The number of allylic oxidation sites excluding steroid dienone is 1. The van der Waals surface area contributed by atoms with Gasteiger partial charge >= 0.3 is 0 Å². The van der Waals surface area contributed by atoms with Crippen molar-refractivity contribution in [2.24, 2.45) is 5.41 Å². The first-order valence-corrected chi connectivity index (χ1v) is 6.23. The summed E-state index contributed by atoms with van der Waals surface area (Å²) in [4.78, 5) is 0. The molecule has 1 aliphatic heterocycles. The highest BCUT2D eigenvalue weighted by Gasteiger charge is 2.30. The van der Waals surface area contributed by atoms with Gasteiger partial charge in [-0.2, -0.15) is 0 Å². The van der Waals surface area contributed by atoms with E-state index in [1.54, 1.807) is 6.26 Å².